The van der Waals surface area contributed by atoms with Crippen molar-refractivity contribution in [1.29, 1.82) is 0 Å². The van der Waals surface area contributed by atoms with Gasteiger partial charge in [-0.05, 0) is 19.8 Å². The third kappa shape index (κ3) is 2.76. The third-order valence-electron chi connectivity index (χ3n) is 2.35. The highest BCUT2D eigenvalue weighted by atomic mass is 15.3. The monoisotopic (exact) mass is 181 g/mol. The quantitative estimate of drug-likeness (QED) is 0.772. The molecule has 0 fully saturated rings. The average Bonchev–Trinajstić information content (AvgIpc) is 2.52. The van der Waals surface area contributed by atoms with E-state index in [1.165, 1.54) is 0 Å². The number of anilines is 1. The lowest BCUT2D eigenvalue weighted by Gasteiger charge is -2.16. The molecule has 1 aromatic rings. The Labute approximate surface area is 80.1 Å². The van der Waals surface area contributed by atoms with E-state index in [1.807, 2.05) is 17.1 Å². The fourth-order valence-electron chi connectivity index (χ4n) is 1.04. The smallest absolute Gasteiger partial charge is 0.0728 e. The van der Waals surface area contributed by atoms with E-state index >= 15 is 0 Å². The van der Waals surface area contributed by atoms with Gasteiger partial charge in [-0.25, -0.2) is 0 Å². The minimum absolute atomic E-state index is 0.495. The van der Waals surface area contributed by atoms with Gasteiger partial charge in [-0.2, -0.15) is 5.10 Å². The van der Waals surface area contributed by atoms with Crippen LogP contribution in [0.3, 0.4) is 0 Å². The van der Waals surface area contributed by atoms with Gasteiger partial charge in [-0.3, -0.25) is 4.68 Å². The summed E-state index contributed by atoms with van der Waals surface area (Å²) in [6.07, 6.45) is 3.92. The lowest BCUT2D eigenvalue weighted by Crippen LogP contribution is -2.21. The molecule has 0 saturated heterocycles. The summed E-state index contributed by atoms with van der Waals surface area (Å²) in [7, 11) is 0. The Morgan fingerprint density at radius 1 is 1.46 bits per heavy atom. The van der Waals surface area contributed by atoms with Crippen LogP contribution in [0.2, 0.25) is 0 Å². The van der Waals surface area contributed by atoms with Crippen LogP contribution in [-0.2, 0) is 6.54 Å². The van der Waals surface area contributed by atoms with Gasteiger partial charge in [0, 0.05) is 18.8 Å². The van der Waals surface area contributed by atoms with E-state index in [2.05, 4.69) is 38.1 Å². The van der Waals surface area contributed by atoms with Crippen molar-refractivity contribution in [2.45, 2.75) is 40.3 Å². The van der Waals surface area contributed by atoms with Crippen molar-refractivity contribution in [3.8, 4) is 0 Å². The Hall–Kier alpha value is -0.990. The predicted octanol–water partition coefficient (Wildman–Crippen LogP) is 2.36. The first-order valence-electron chi connectivity index (χ1n) is 4.92. The molecule has 0 saturated carbocycles. The molecule has 3 heteroatoms. The van der Waals surface area contributed by atoms with Crippen molar-refractivity contribution in [1.82, 2.24) is 9.78 Å². The first kappa shape index (κ1) is 10.1. The van der Waals surface area contributed by atoms with Gasteiger partial charge >= 0.3 is 0 Å². The van der Waals surface area contributed by atoms with E-state index in [9.17, 15) is 0 Å². The molecule has 0 aliphatic carbocycles. The largest absolute Gasteiger partial charge is 0.380 e. The number of rotatable bonds is 4. The summed E-state index contributed by atoms with van der Waals surface area (Å²) < 4.78 is 1.93. The van der Waals surface area contributed by atoms with Crippen molar-refractivity contribution in [2.75, 3.05) is 5.32 Å². The summed E-state index contributed by atoms with van der Waals surface area (Å²) in [5.41, 5.74) is 1.11. The van der Waals surface area contributed by atoms with Gasteiger partial charge in [0.15, 0.2) is 0 Å². The third-order valence-corrected chi connectivity index (χ3v) is 2.35. The van der Waals surface area contributed by atoms with Gasteiger partial charge in [0.2, 0.25) is 0 Å². The molecule has 1 rings (SSSR count). The molecule has 13 heavy (non-hydrogen) atoms. The van der Waals surface area contributed by atoms with Crippen LogP contribution in [0.5, 0.6) is 0 Å². The number of nitrogens with one attached hydrogen (secondary N) is 1. The fraction of sp³-hybridized carbons (Fsp3) is 0.700. The van der Waals surface area contributed by atoms with Crippen LogP contribution in [-0.4, -0.2) is 15.8 Å². The molecule has 0 amide bonds. The van der Waals surface area contributed by atoms with Crippen LogP contribution in [0.4, 0.5) is 5.69 Å². The molecule has 0 aliphatic rings. The summed E-state index contributed by atoms with van der Waals surface area (Å²) in [6, 6.07) is 0.495. The van der Waals surface area contributed by atoms with Gasteiger partial charge < -0.3 is 5.32 Å². The highest BCUT2D eigenvalue weighted by Gasteiger charge is 2.07. The maximum Gasteiger partial charge on any atom is 0.0728 e. The average molecular weight is 181 g/mol. The summed E-state index contributed by atoms with van der Waals surface area (Å²) >= 11 is 0. The van der Waals surface area contributed by atoms with Gasteiger partial charge in [0.05, 0.1) is 11.9 Å². The first-order chi connectivity index (χ1) is 6.13. The molecule has 0 bridgehead atoms. The molecular weight excluding hydrogens is 162 g/mol. The fourth-order valence-corrected chi connectivity index (χ4v) is 1.04. The second-order valence-corrected chi connectivity index (χ2v) is 3.76. The zero-order valence-electron chi connectivity index (χ0n) is 8.91. The highest BCUT2D eigenvalue weighted by Crippen LogP contribution is 2.10. The minimum Gasteiger partial charge on any atom is -0.380 e. The lowest BCUT2D eigenvalue weighted by molar-refractivity contribution is 0.560. The Morgan fingerprint density at radius 3 is 2.62 bits per heavy atom. The van der Waals surface area contributed by atoms with Gasteiger partial charge in [0.25, 0.3) is 0 Å². The Balaban J connectivity index is 2.53. The molecule has 0 aromatic carbocycles. The number of hydrogen-bond acceptors (Lipinski definition) is 2. The number of nitrogens with zero attached hydrogens (tertiary/aromatic N) is 2. The van der Waals surface area contributed by atoms with E-state index in [0.29, 0.717) is 12.0 Å². The van der Waals surface area contributed by atoms with Crippen molar-refractivity contribution < 1.29 is 0 Å². The molecule has 0 spiro atoms. The second kappa shape index (κ2) is 4.30. The molecule has 1 N–H and O–H groups in total. The zero-order valence-corrected chi connectivity index (χ0v) is 8.91. The summed E-state index contributed by atoms with van der Waals surface area (Å²) in [6.45, 7) is 9.62. The molecule has 1 aromatic heterocycles. The molecule has 0 unspecified atom stereocenters. The van der Waals surface area contributed by atoms with E-state index in [0.717, 1.165) is 12.2 Å². The van der Waals surface area contributed by atoms with Gasteiger partial charge in [-0.15, -0.1) is 0 Å². The van der Waals surface area contributed by atoms with E-state index in [-0.39, 0.29) is 0 Å². The van der Waals surface area contributed by atoms with Crippen LogP contribution in [0.15, 0.2) is 12.4 Å². The summed E-state index contributed by atoms with van der Waals surface area (Å²) in [5, 5.41) is 7.61. The normalized spacial score (nSPS) is 13.3. The van der Waals surface area contributed by atoms with Crippen LogP contribution in [0, 0.1) is 5.92 Å². The number of aromatic nitrogens is 2. The maximum absolute atomic E-state index is 4.20. The Bertz CT molecular complexity index is 252. The van der Waals surface area contributed by atoms with Crippen LogP contribution in [0.25, 0.3) is 0 Å². The number of hydrogen-bond donors (Lipinski definition) is 1. The van der Waals surface area contributed by atoms with Crippen molar-refractivity contribution in [3.63, 3.8) is 0 Å². The standard InChI is InChI=1S/C10H19N3/c1-5-13-7-10(6-11-13)12-9(4)8(2)3/h6-9,12H,5H2,1-4H3/t9-/m1/s1. The van der Waals surface area contributed by atoms with Gasteiger partial charge in [-0.1, -0.05) is 13.8 Å². The van der Waals surface area contributed by atoms with E-state index in [4.69, 9.17) is 0 Å². The number of aryl methyl sites for hydroxylation is 1. The molecule has 0 aliphatic heterocycles. The van der Waals surface area contributed by atoms with Crippen molar-refractivity contribution >= 4 is 5.69 Å². The Morgan fingerprint density at radius 2 is 2.15 bits per heavy atom. The Kier molecular flexibility index (Phi) is 3.34. The van der Waals surface area contributed by atoms with E-state index < -0.39 is 0 Å². The van der Waals surface area contributed by atoms with Crippen LogP contribution >= 0.6 is 0 Å². The molecule has 1 heterocycles. The SMILES string of the molecule is CCn1cc(N[C@H](C)C(C)C)cn1. The molecule has 3 nitrogen and oxygen atoms in total. The molecule has 74 valence electrons. The lowest BCUT2D eigenvalue weighted by atomic mass is 10.1. The topological polar surface area (TPSA) is 29.9 Å². The van der Waals surface area contributed by atoms with Crippen LogP contribution in [0.1, 0.15) is 27.7 Å². The molecule has 1 atom stereocenters. The second-order valence-electron chi connectivity index (χ2n) is 3.76. The maximum atomic E-state index is 4.20. The summed E-state index contributed by atoms with van der Waals surface area (Å²) in [4.78, 5) is 0. The zero-order chi connectivity index (χ0) is 9.84. The highest BCUT2D eigenvalue weighted by molar-refractivity contribution is 5.39. The summed E-state index contributed by atoms with van der Waals surface area (Å²) in [5.74, 6) is 0.643. The van der Waals surface area contributed by atoms with E-state index in [1.54, 1.807) is 0 Å². The van der Waals surface area contributed by atoms with Crippen LogP contribution < -0.4 is 5.32 Å². The van der Waals surface area contributed by atoms with Crippen molar-refractivity contribution in [2.24, 2.45) is 5.92 Å². The van der Waals surface area contributed by atoms with Crippen molar-refractivity contribution in [3.05, 3.63) is 12.4 Å². The van der Waals surface area contributed by atoms with Gasteiger partial charge in [0.1, 0.15) is 0 Å². The molecular formula is C10H19N3. The minimum atomic E-state index is 0.495. The first-order valence-corrected chi connectivity index (χ1v) is 4.92. The predicted molar refractivity (Wildman–Crippen MR) is 55.8 cm³/mol. The molecule has 0 radical (unpaired) electrons.